The molecule has 2 bridgehead atoms. The van der Waals surface area contributed by atoms with Crippen molar-refractivity contribution in [2.45, 2.75) is 97.1 Å². The molecule has 2 heteroatoms. The number of anilines is 1. The van der Waals surface area contributed by atoms with Crippen molar-refractivity contribution in [3.63, 3.8) is 0 Å². The Labute approximate surface area is 192 Å². The molecule has 3 fully saturated rings. The van der Waals surface area contributed by atoms with E-state index in [4.69, 9.17) is 0 Å². The molecule has 0 spiro atoms. The molecule has 1 heterocycles. The van der Waals surface area contributed by atoms with Crippen LogP contribution in [0.15, 0.2) is 35.2 Å². The first kappa shape index (κ1) is 22.0. The lowest BCUT2D eigenvalue weighted by Gasteiger charge is -2.55. The quantitative estimate of drug-likeness (QED) is 0.430. The zero-order chi connectivity index (χ0) is 21.6. The van der Waals surface area contributed by atoms with Crippen molar-refractivity contribution in [2.75, 3.05) is 18.0 Å². The summed E-state index contributed by atoms with van der Waals surface area (Å²) >= 11 is 0. The molecule has 1 saturated heterocycles. The van der Waals surface area contributed by atoms with E-state index >= 15 is 0 Å². The summed E-state index contributed by atoms with van der Waals surface area (Å²) in [7, 11) is -0.262. The van der Waals surface area contributed by atoms with Gasteiger partial charge in [-0.05, 0) is 119 Å². The van der Waals surface area contributed by atoms with E-state index in [9.17, 15) is 0 Å². The molecule has 0 radical (unpaired) electrons. The van der Waals surface area contributed by atoms with Gasteiger partial charge in [-0.15, -0.1) is 0 Å². The SMILES string of the molecule is CC1=C(P(c2ccccc2N2CCCCC2)C23CC(C)CC(CC(C)C2)C3)CC(C)C1. The highest BCUT2D eigenvalue weighted by Gasteiger charge is 2.51. The van der Waals surface area contributed by atoms with Gasteiger partial charge in [0.25, 0.3) is 0 Å². The van der Waals surface area contributed by atoms with Gasteiger partial charge < -0.3 is 4.90 Å². The molecule has 1 aliphatic heterocycles. The first-order chi connectivity index (χ1) is 14.9. The Hall–Kier alpha value is -0.810. The minimum atomic E-state index is -0.262. The van der Waals surface area contributed by atoms with Gasteiger partial charge >= 0.3 is 0 Å². The van der Waals surface area contributed by atoms with Gasteiger partial charge in [0, 0.05) is 24.1 Å². The molecule has 0 N–H and O–H groups in total. The maximum absolute atomic E-state index is 2.76. The van der Waals surface area contributed by atoms with Gasteiger partial charge in [0.1, 0.15) is 0 Å². The maximum atomic E-state index is 2.76. The van der Waals surface area contributed by atoms with Crippen LogP contribution in [0.3, 0.4) is 0 Å². The largest absolute Gasteiger partial charge is 0.371 e. The van der Waals surface area contributed by atoms with Crippen molar-refractivity contribution >= 4 is 18.9 Å². The number of rotatable bonds is 4. The number of para-hydroxylation sites is 1. The molecule has 1 aromatic rings. The summed E-state index contributed by atoms with van der Waals surface area (Å²) in [6.07, 6.45) is 14.3. The van der Waals surface area contributed by atoms with Crippen molar-refractivity contribution in [3.05, 3.63) is 35.2 Å². The Morgan fingerprint density at radius 1 is 0.839 bits per heavy atom. The molecule has 0 aromatic heterocycles. The molecule has 1 aromatic carbocycles. The van der Waals surface area contributed by atoms with Gasteiger partial charge in [0.2, 0.25) is 0 Å². The van der Waals surface area contributed by atoms with E-state index in [2.05, 4.69) is 56.9 Å². The summed E-state index contributed by atoms with van der Waals surface area (Å²) in [5.74, 6) is 3.62. The Morgan fingerprint density at radius 3 is 2.16 bits per heavy atom. The third-order valence-corrected chi connectivity index (χ3v) is 12.3. The smallest absolute Gasteiger partial charge is 0.0447 e. The number of fused-ring (bicyclic) bond motifs is 2. The zero-order valence-electron chi connectivity index (χ0n) is 20.5. The van der Waals surface area contributed by atoms with E-state index in [0.717, 1.165) is 23.7 Å². The Kier molecular flexibility index (Phi) is 6.28. The summed E-state index contributed by atoms with van der Waals surface area (Å²) in [5, 5.41) is 4.21. The topological polar surface area (TPSA) is 3.24 Å². The van der Waals surface area contributed by atoms with E-state index in [1.54, 1.807) is 16.6 Å². The van der Waals surface area contributed by atoms with Crippen LogP contribution in [0, 0.1) is 23.7 Å². The van der Waals surface area contributed by atoms with Gasteiger partial charge in [0.05, 0.1) is 0 Å². The summed E-state index contributed by atoms with van der Waals surface area (Å²) in [4.78, 5) is 2.76. The molecule has 4 unspecified atom stereocenters. The minimum Gasteiger partial charge on any atom is -0.371 e. The van der Waals surface area contributed by atoms with Gasteiger partial charge in [-0.1, -0.05) is 44.5 Å². The third kappa shape index (κ3) is 4.26. The first-order valence-corrected chi connectivity index (χ1v) is 14.6. The second-order valence-electron chi connectivity index (χ2n) is 12.0. The molecule has 2 saturated carbocycles. The number of hydrogen-bond donors (Lipinski definition) is 0. The normalized spacial score (nSPS) is 37.2. The summed E-state index contributed by atoms with van der Waals surface area (Å²) < 4.78 is 0. The van der Waals surface area contributed by atoms with Crippen LogP contribution in [0.25, 0.3) is 0 Å². The summed E-state index contributed by atoms with van der Waals surface area (Å²) in [6, 6.07) is 9.73. The molecule has 0 amide bonds. The van der Waals surface area contributed by atoms with E-state index in [-0.39, 0.29) is 7.92 Å². The lowest BCUT2D eigenvalue weighted by Crippen LogP contribution is -2.45. The predicted molar refractivity (Wildman–Crippen MR) is 138 cm³/mol. The fourth-order valence-electron chi connectivity index (χ4n) is 8.17. The first-order valence-electron chi connectivity index (χ1n) is 13.3. The predicted octanol–water partition coefficient (Wildman–Crippen LogP) is 8.09. The number of nitrogens with zero attached hydrogens (tertiary/aromatic N) is 1. The average Bonchev–Trinajstić information content (AvgIpc) is 3.05. The number of allylic oxidation sites excluding steroid dienone is 2. The number of benzene rings is 1. The lowest BCUT2D eigenvalue weighted by atomic mass is 9.65. The maximum Gasteiger partial charge on any atom is 0.0447 e. The average molecular weight is 438 g/mol. The molecule has 5 rings (SSSR count). The Bertz CT molecular complexity index is 800. The van der Waals surface area contributed by atoms with Crippen LogP contribution in [0.4, 0.5) is 5.69 Å². The van der Waals surface area contributed by atoms with Gasteiger partial charge in [-0.3, -0.25) is 0 Å². The van der Waals surface area contributed by atoms with Crippen LogP contribution < -0.4 is 10.2 Å². The molecular weight excluding hydrogens is 393 g/mol. The van der Waals surface area contributed by atoms with Crippen LogP contribution in [0.2, 0.25) is 0 Å². The molecule has 31 heavy (non-hydrogen) atoms. The minimum absolute atomic E-state index is 0.262. The second-order valence-corrected chi connectivity index (χ2v) is 14.6. The van der Waals surface area contributed by atoms with E-state index in [0.29, 0.717) is 5.16 Å². The van der Waals surface area contributed by atoms with Crippen molar-refractivity contribution < 1.29 is 0 Å². The van der Waals surface area contributed by atoms with E-state index in [1.165, 1.54) is 77.3 Å². The van der Waals surface area contributed by atoms with Crippen LogP contribution >= 0.6 is 7.92 Å². The Morgan fingerprint density at radius 2 is 1.52 bits per heavy atom. The molecule has 4 aliphatic rings. The molecular formula is C29H44NP. The highest BCUT2D eigenvalue weighted by atomic mass is 31.1. The number of piperidine rings is 1. The highest BCUT2D eigenvalue weighted by molar-refractivity contribution is 7.71. The summed E-state index contributed by atoms with van der Waals surface area (Å²) in [6.45, 7) is 12.6. The van der Waals surface area contributed by atoms with Crippen LogP contribution in [-0.4, -0.2) is 18.2 Å². The number of hydrogen-bond acceptors (Lipinski definition) is 1. The van der Waals surface area contributed by atoms with E-state index in [1.807, 2.05) is 5.31 Å². The molecule has 1 nitrogen and oxygen atoms in total. The lowest BCUT2D eigenvalue weighted by molar-refractivity contribution is 0.131. The van der Waals surface area contributed by atoms with Gasteiger partial charge in [-0.25, -0.2) is 0 Å². The monoisotopic (exact) mass is 437 g/mol. The van der Waals surface area contributed by atoms with Crippen molar-refractivity contribution in [1.82, 2.24) is 0 Å². The standard InChI is InChI=1S/C29H44NP/c1-21-14-24(4)28(17-21)31(29-18-22(2)15-25(20-29)16-23(3)19-29)27-11-7-6-10-26(27)30-12-8-5-9-13-30/h6-7,10-11,21-23,25H,5,8-9,12-20H2,1-4H3. The fourth-order valence-corrected chi connectivity index (χ4v) is 12.6. The summed E-state index contributed by atoms with van der Waals surface area (Å²) in [5.41, 5.74) is 3.37. The fraction of sp³-hybridized carbons (Fsp3) is 0.724. The zero-order valence-corrected chi connectivity index (χ0v) is 21.4. The van der Waals surface area contributed by atoms with Gasteiger partial charge in [0.15, 0.2) is 0 Å². The van der Waals surface area contributed by atoms with Gasteiger partial charge in [-0.2, -0.15) is 0 Å². The highest BCUT2D eigenvalue weighted by Crippen LogP contribution is 2.70. The van der Waals surface area contributed by atoms with Crippen molar-refractivity contribution in [3.8, 4) is 0 Å². The van der Waals surface area contributed by atoms with E-state index < -0.39 is 0 Å². The van der Waals surface area contributed by atoms with Crippen molar-refractivity contribution in [1.29, 1.82) is 0 Å². The Balaban J connectivity index is 1.64. The second kappa shape index (κ2) is 8.85. The van der Waals surface area contributed by atoms with Crippen molar-refractivity contribution in [2.24, 2.45) is 23.7 Å². The molecule has 3 aliphatic carbocycles. The van der Waals surface area contributed by atoms with Crippen LogP contribution in [0.1, 0.15) is 91.9 Å². The third-order valence-electron chi connectivity index (χ3n) is 8.85. The molecule has 4 atom stereocenters. The van der Waals surface area contributed by atoms with Crippen LogP contribution in [0.5, 0.6) is 0 Å². The molecule has 170 valence electrons. The van der Waals surface area contributed by atoms with Crippen LogP contribution in [-0.2, 0) is 0 Å².